The van der Waals surface area contributed by atoms with Gasteiger partial charge in [0.25, 0.3) is 5.56 Å². The number of fused-ring (bicyclic) bond motifs is 1. The van der Waals surface area contributed by atoms with Crippen LogP contribution in [0, 0.1) is 5.82 Å². The van der Waals surface area contributed by atoms with Crippen LogP contribution in [0.1, 0.15) is 15.9 Å². The highest BCUT2D eigenvalue weighted by Gasteiger charge is 2.08. The number of halogens is 1. The van der Waals surface area contributed by atoms with E-state index in [2.05, 4.69) is 15.6 Å². The third-order valence-electron chi connectivity index (χ3n) is 3.88. The Hall–Kier alpha value is -3.35. The van der Waals surface area contributed by atoms with Gasteiger partial charge >= 0.3 is 5.97 Å². The maximum Gasteiger partial charge on any atom is 0.335 e. The van der Waals surface area contributed by atoms with Gasteiger partial charge in [-0.05, 0) is 42.5 Å². The van der Waals surface area contributed by atoms with Crippen LogP contribution in [0.25, 0.3) is 10.9 Å². The van der Waals surface area contributed by atoms with Gasteiger partial charge < -0.3 is 20.7 Å². The Balaban J connectivity index is 1.87. The molecule has 2 aromatic carbocycles. The molecular formula is C18H16FN3O3. The molecule has 0 saturated heterocycles. The molecule has 0 spiro atoms. The lowest BCUT2D eigenvalue weighted by atomic mass is 10.1. The number of H-pyrrole nitrogens is 1. The SMILES string of the molecule is CNc1cc(F)cc2cc(CNc3ccc(C(=O)O)cc3)c(=O)[nH]c12. The first-order chi connectivity index (χ1) is 12.0. The highest BCUT2D eigenvalue weighted by molar-refractivity contribution is 5.90. The van der Waals surface area contributed by atoms with E-state index in [1.165, 1.54) is 24.3 Å². The summed E-state index contributed by atoms with van der Waals surface area (Å²) in [5.41, 5.74) is 2.09. The number of hydrogen-bond acceptors (Lipinski definition) is 4. The molecule has 0 bridgehead atoms. The molecule has 0 saturated carbocycles. The van der Waals surface area contributed by atoms with Gasteiger partial charge in [0, 0.05) is 30.2 Å². The number of carbonyl (C=O) groups is 1. The largest absolute Gasteiger partial charge is 0.478 e. The zero-order chi connectivity index (χ0) is 18.0. The summed E-state index contributed by atoms with van der Waals surface area (Å²) in [5, 5.41) is 15.4. The van der Waals surface area contributed by atoms with Crippen molar-refractivity contribution >= 4 is 28.2 Å². The van der Waals surface area contributed by atoms with E-state index < -0.39 is 11.8 Å². The number of nitrogens with one attached hydrogen (secondary N) is 3. The van der Waals surface area contributed by atoms with E-state index in [0.717, 1.165) is 0 Å². The Morgan fingerprint density at radius 2 is 1.92 bits per heavy atom. The fraction of sp³-hybridized carbons (Fsp3) is 0.111. The van der Waals surface area contributed by atoms with E-state index in [-0.39, 0.29) is 17.7 Å². The minimum Gasteiger partial charge on any atom is -0.478 e. The smallest absolute Gasteiger partial charge is 0.335 e. The van der Waals surface area contributed by atoms with Crippen LogP contribution < -0.4 is 16.2 Å². The van der Waals surface area contributed by atoms with E-state index >= 15 is 0 Å². The van der Waals surface area contributed by atoms with Crippen molar-refractivity contribution < 1.29 is 14.3 Å². The molecule has 0 aliphatic heterocycles. The number of aromatic nitrogens is 1. The standard InChI is InChI=1S/C18H16FN3O3/c1-20-15-8-13(19)7-11-6-12(17(23)22-16(11)15)9-21-14-4-2-10(3-5-14)18(24)25/h2-8,20-21H,9H2,1H3,(H,22,23)(H,24,25). The first kappa shape index (κ1) is 16.5. The number of anilines is 2. The van der Waals surface area contributed by atoms with Crippen molar-refractivity contribution in [3.8, 4) is 0 Å². The second-order valence-corrected chi connectivity index (χ2v) is 5.53. The summed E-state index contributed by atoms with van der Waals surface area (Å²) >= 11 is 0. The normalized spacial score (nSPS) is 10.6. The molecule has 0 aliphatic carbocycles. The molecule has 0 aliphatic rings. The molecule has 7 heteroatoms. The zero-order valence-electron chi connectivity index (χ0n) is 13.4. The summed E-state index contributed by atoms with van der Waals surface area (Å²) in [5.74, 6) is -1.40. The number of rotatable bonds is 5. The highest BCUT2D eigenvalue weighted by atomic mass is 19.1. The molecule has 1 heterocycles. The van der Waals surface area contributed by atoms with Gasteiger partial charge in [-0.25, -0.2) is 9.18 Å². The van der Waals surface area contributed by atoms with E-state index in [0.29, 0.717) is 27.8 Å². The predicted octanol–water partition coefficient (Wildman–Crippen LogP) is 3.02. The van der Waals surface area contributed by atoms with Gasteiger partial charge in [-0.1, -0.05) is 0 Å². The number of carboxylic acids is 1. The van der Waals surface area contributed by atoms with Gasteiger partial charge in [0.1, 0.15) is 5.82 Å². The molecule has 0 fully saturated rings. The minimum absolute atomic E-state index is 0.184. The van der Waals surface area contributed by atoms with Gasteiger partial charge in [0.15, 0.2) is 0 Å². The second-order valence-electron chi connectivity index (χ2n) is 5.53. The average Bonchev–Trinajstić information content (AvgIpc) is 2.60. The fourth-order valence-corrected chi connectivity index (χ4v) is 2.58. The number of hydrogen-bond donors (Lipinski definition) is 4. The van der Waals surface area contributed by atoms with Crippen LogP contribution in [0.15, 0.2) is 47.3 Å². The van der Waals surface area contributed by atoms with Crippen molar-refractivity contribution in [1.82, 2.24) is 4.98 Å². The third kappa shape index (κ3) is 3.45. The van der Waals surface area contributed by atoms with Crippen LogP contribution in [0.2, 0.25) is 0 Å². The molecule has 0 radical (unpaired) electrons. The fourth-order valence-electron chi connectivity index (χ4n) is 2.58. The van der Waals surface area contributed by atoms with Gasteiger partial charge in [-0.15, -0.1) is 0 Å². The highest BCUT2D eigenvalue weighted by Crippen LogP contribution is 2.22. The molecule has 0 unspecified atom stereocenters. The third-order valence-corrected chi connectivity index (χ3v) is 3.88. The van der Waals surface area contributed by atoms with Crippen LogP contribution in [-0.4, -0.2) is 23.1 Å². The lowest BCUT2D eigenvalue weighted by Gasteiger charge is -2.10. The topological polar surface area (TPSA) is 94.2 Å². The van der Waals surface area contributed by atoms with Gasteiger partial charge in [0.2, 0.25) is 0 Å². The van der Waals surface area contributed by atoms with E-state index in [1.807, 2.05) is 0 Å². The number of carboxylic acid groups (broad SMARTS) is 1. The molecule has 0 amide bonds. The number of aromatic amines is 1. The lowest BCUT2D eigenvalue weighted by molar-refractivity contribution is 0.0697. The van der Waals surface area contributed by atoms with Gasteiger partial charge in [-0.2, -0.15) is 0 Å². The summed E-state index contributed by atoms with van der Waals surface area (Å²) in [6.07, 6.45) is 0. The quantitative estimate of drug-likeness (QED) is 0.572. The van der Waals surface area contributed by atoms with E-state index in [9.17, 15) is 14.0 Å². The van der Waals surface area contributed by atoms with Crippen LogP contribution in [0.3, 0.4) is 0 Å². The van der Waals surface area contributed by atoms with Gasteiger partial charge in [-0.3, -0.25) is 4.79 Å². The Kier molecular flexibility index (Phi) is 4.38. The lowest BCUT2D eigenvalue weighted by Crippen LogP contribution is -2.16. The van der Waals surface area contributed by atoms with E-state index in [1.54, 1.807) is 25.2 Å². The van der Waals surface area contributed by atoms with E-state index in [4.69, 9.17) is 5.11 Å². The summed E-state index contributed by atoms with van der Waals surface area (Å²) < 4.78 is 13.7. The summed E-state index contributed by atoms with van der Waals surface area (Å²) in [4.78, 5) is 25.9. The monoisotopic (exact) mass is 341 g/mol. The molecule has 3 rings (SSSR count). The van der Waals surface area contributed by atoms with Gasteiger partial charge in [0.05, 0.1) is 16.8 Å². The molecule has 0 atom stereocenters. The molecule has 1 aromatic heterocycles. The van der Waals surface area contributed by atoms with Crippen molar-refractivity contribution in [2.75, 3.05) is 17.7 Å². The first-order valence-corrected chi connectivity index (χ1v) is 7.58. The van der Waals surface area contributed by atoms with Crippen molar-refractivity contribution in [2.45, 2.75) is 6.54 Å². The molecule has 128 valence electrons. The average molecular weight is 341 g/mol. The molecular weight excluding hydrogens is 325 g/mol. The van der Waals surface area contributed by atoms with Crippen LogP contribution in [0.5, 0.6) is 0 Å². The maximum atomic E-state index is 13.7. The predicted molar refractivity (Wildman–Crippen MR) is 94.8 cm³/mol. The molecule has 6 nitrogen and oxygen atoms in total. The Morgan fingerprint density at radius 1 is 1.20 bits per heavy atom. The van der Waals surface area contributed by atoms with Crippen molar-refractivity contribution in [2.24, 2.45) is 0 Å². The summed E-state index contributed by atoms with van der Waals surface area (Å²) in [6, 6.07) is 10.5. The Labute approximate surface area is 142 Å². The molecule has 25 heavy (non-hydrogen) atoms. The number of aromatic carboxylic acids is 1. The van der Waals surface area contributed by atoms with Crippen molar-refractivity contribution in [1.29, 1.82) is 0 Å². The summed E-state index contributed by atoms with van der Waals surface area (Å²) in [7, 11) is 1.66. The minimum atomic E-state index is -1.00. The van der Waals surface area contributed by atoms with Crippen molar-refractivity contribution in [3.05, 3.63) is 69.8 Å². The number of benzene rings is 2. The summed E-state index contributed by atoms with van der Waals surface area (Å²) in [6.45, 7) is 0.225. The van der Waals surface area contributed by atoms with Crippen LogP contribution >= 0.6 is 0 Å². The number of pyridine rings is 1. The maximum absolute atomic E-state index is 13.7. The molecule has 3 aromatic rings. The second kappa shape index (κ2) is 6.64. The van der Waals surface area contributed by atoms with Crippen molar-refractivity contribution in [3.63, 3.8) is 0 Å². The first-order valence-electron chi connectivity index (χ1n) is 7.58. The Bertz CT molecular complexity index is 997. The molecule has 4 N–H and O–H groups in total. The zero-order valence-corrected chi connectivity index (χ0v) is 13.4. The Morgan fingerprint density at radius 3 is 2.56 bits per heavy atom. The van der Waals surface area contributed by atoms with Crippen LogP contribution in [0.4, 0.5) is 15.8 Å². The van der Waals surface area contributed by atoms with Crippen LogP contribution in [-0.2, 0) is 6.54 Å².